The van der Waals surface area contributed by atoms with Crippen LogP contribution in [0.2, 0.25) is 0 Å². The lowest BCUT2D eigenvalue weighted by molar-refractivity contribution is -0.139. The zero-order valence-electron chi connectivity index (χ0n) is 13.3. The summed E-state index contributed by atoms with van der Waals surface area (Å²) in [5.74, 6) is -0.195. The molecule has 1 amide bonds. The van der Waals surface area contributed by atoms with Crippen molar-refractivity contribution in [2.75, 3.05) is 13.7 Å². The molecule has 23 heavy (non-hydrogen) atoms. The number of carbonyl (C=O) groups excluding carboxylic acids is 2. The van der Waals surface area contributed by atoms with Crippen LogP contribution in [-0.4, -0.2) is 35.3 Å². The molecule has 7 heteroatoms. The van der Waals surface area contributed by atoms with E-state index in [4.69, 9.17) is 4.74 Å². The zero-order chi connectivity index (χ0) is 16.8. The number of carbonyl (C=O) groups is 2. The van der Waals surface area contributed by atoms with Crippen molar-refractivity contribution >= 4 is 11.9 Å². The van der Waals surface area contributed by atoms with Crippen LogP contribution in [0.25, 0.3) is 0 Å². The summed E-state index contributed by atoms with van der Waals surface area (Å²) in [6.45, 7) is 3.98. The van der Waals surface area contributed by atoms with E-state index in [0.29, 0.717) is 0 Å². The van der Waals surface area contributed by atoms with E-state index in [1.54, 1.807) is 12.3 Å². The molecule has 2 rings (SSSR count). The van der Waals surface area contributed by atoms with Gasteiger partial charge in [-0.15, -0.1) is 0 Å². The molecule has 0 aliphatic carbocycles. The molecule has 1 aromatic heterocycles. The van der Waals surface area contributed by atoms with Gasteiger partial charge in [0.1, 0.15) is 18.0 Å². The van der Waals surface area contributed by atoms with Gasteiger partial charge in [0, 0.05) is 6.20 Å². The largest absolute Gasteiger partial charge is 0.471 e. The molecule has 0 unspecified atom stereocenters. The van der Waals surface area contributed by atoms with Crippen LogP contribution in [0.1, 0.15) is 21.6 Å². The molecule has 1 heterocycles. The first kappa shape index (κ1) is 16.5. The standard InChI is InChI=1S/C16H19N3O4/c1-11-4-5-14(12(2)8-11)23-10-19-7-6-13(18-19)16(21)17-9-15(20)22-3/h4-8H,9-10H2,1-3H3,(H,17,21). The average Bonchev–Trinajstić information content (AvgIpc) is 3.00. The van der Waals surface area contributed by atoms with Crippen LogP contribution >= 0.6 is 0 Å². The monoisotopic (exact) mass is 317 g/mol. The topological polar surface area (TPSA) is 82.5 Å². The Kier molecular flexibility index (Phi) is 5.35. The minimum Gasteiger partial charge on any atom is -0.471 e. The van der Waals surface area contributed by atoms with E-state index in [2.05, 4.69) is 15.2 Å². The quantitative estimate of drug-likeness (QED) is 0.815. The summed E-state index contributed by atoms with van der Waals surface area (Å²) in [5, 5.41) is 6.53. The highest BCUT2D eigenvalue weighted by Gasteiger charge is 2.11. The second-order valence-corrected chi connectivity index (χ2v) is 5.04. The Bertz CT molecular complexity index is 709. The second kappa shape index (κ2) is 7.44. The highest BCUT2D eigenvalue weighted by atomic mass is 16.5. The number of esters is 1. The molecule has 0 bridgehead atoms. The van der Waals surface area contributed by atoms with Crippen molar-refractivity contribution in [3.05, 3.63) is 47.3 Å². The summed E-state index contributed by atoms with van der Waals surface area (Å²) in [4.78, 5) is 22.8. The van der Waals surface area contributed by atoms with Gasteiger partial charge in [0.05, 0.1) is 7.11 Å². The van der Waals surface area contributed by atoms with Crippen molar-refractivity contribution in [3.8, 4) is 5.75 Å². The number of methoxy groups -OCH3 is 1. The van der Waals surface area contributed by atoms with Crippen LogP contribution in [0.4, 0.5) is 0 Å². The molecule has 0 atom stereocenters. The van der Waals surface area contributed by atoms with Gasteiger partial charge in [0.2, 0.25) is 0 Å². The normalized spacial score (nSPS) is 10.2. The maximum Gasteiger partial charge on any atom is 0.325 e. The maximum atomic E-state index is 11.8. The average molecular weight is 317 g/mol. The fraction of sp³-hybridized carbons (Fsp3) is 0.312. The van der Waals surface area contributed by atoms with Crippen molar-refractivity contribution in [1.29, 1.82) is 0 Å². The summed E-state index contributed by atoms with van der Waals surface area (Å²) in [5.41, 5.74) is 2.41. The van der Waals surface area contributed by atoms with E-state index in [9.17, 15) is 9.59 Å². The Balaban J connectivity index is 1.91. The molecule has 0 fully saturated rings. The molecule has 1 N–H and O–H groups in total. The van der Waals surface area contributed by atoms with E-state index in [1.165, 1.54) is 17.4 Å². The van der Waals surface area contributed by atoms with Crippen molar-refractivity contribution in [1.82, 2.24) is 15.1 Å². The van der Waals surface area contributed by atoms with Gasteiger partial charge in [-0.3, -0.25) is 9.59 Å². The van der Waals surface area contributed by atoms with Gasteiger partial charge >= 0.3 is 5.97 Å². The van der Waals surface area contributed by atoms with Crippen LogP contribution in [0.15, 0.2) is 30.5 Å². The minimum absolute atomic E-state index is 0.189. The number of ether oxygens (including phenoxy) is 2. The SMILES string of the molecule is COC(=O)CNC(=O)c1ccn(COc2ccc(C)cc2C)n1. The first-order chi connectivity index (χ1) is 11.0. The van der Waals surface area contributed by atoms with Gasteiger partial charge in [-0.1, -0.05) is 17.7 Å². The van der Waals surface area contributed by atoms with E-state index >= 15 is 0 Å². The molecule has 0 aliphatic rings. The van der Waals surface area contributed by atoms with E-state index in [-0.39, 0.29) is 19.0 Å². The number of rotatable bonds is 6. The number of aromatic nitrogens is 2. The van der Waals surface area contributed by atoms with Crippen molar-refractivity contribution in [2.45, 2.75) is 20.6 Å². The van der Waals surface area contributed by atoms with Gasteiger partial charge in [0.25, 0.3) is 5.91 Å². The third-order valence-corrected chi connectivity index (χ3v) is 3.18. The highest BCUT2D eigenvalue weighted by molar-refractivity contribution is 5.94. The minimum atomic E-state index is -0.518. The van der Waals surface area contributed by atoms with E-state index in [0.717, 1.165) is 11.3 Å². The van der Waals surface area contributed by atoms with Crippen LogP contribution < -0.4 is 10.1 Å². The molecular formula is C16H19N3O4. The molecule has 0 spiro atoms. The predicted octanol–water partition coefficient (Wildman–Crippen LogP) is 1.44. The Morgan fingerprint density at radius 3 is 2.74 bits per heavy atom. The first-order valence-corrected chi connectivity index (χ1v) is 7.08. The van der Waals surface area contributed by atoms with Gasteiger partial charge < -0.3 is 14.8 Å². The Morgan fingerprint density at radius 1 is 1.26 bits per heavy atom. The summed E-state index contributed by atoms with van der Waals surface area (Å²) in [6.07, 6.45) is 1.64. The van der Waals surface area contributed by atoms with E-state index < -0.39 is 11.9 Å². The van der Waals surface area contributed by atoms with Gasteiger partial charge in [-0.2, -0.15) is 5.10 Å². The summed E-state index contributed by atoms with van der Waals surface area (Å²) in [7, 11) is 1.26. The molecule has 1 aromatic carbocycles. The Morgan fingerprint density at radius 2 is 2.04 bits per heavy atom. The number of aryl methyl sites for hydroxylation is 2. The first-order valence-electron chi connectivity index (χ1n) is 7.08. The Labute approximate surface area is 134 Å². The van der Waals surface area contributed by atoms with Crippen molar-refractivity contribution < 1.29 is 19.1 Å². The number of hydrogen-bond donors (Lipinski definition) is 1. The van der Waals surface area contributed by atoms with Crippen LogP contribution in [0.3, 0.4) is 0 Å². The lowest BCUT2D eigenvalue weighted by Gasteiger charge is -2.09. The lowest BCUT2D eigenvalue weighted by atomic mass is 10.1. The number of hydrogen-bond acceptors (Lipinski definition) is 5. The summed E-state index contributed by atoms with van der Waals surface area (Å²) in [6, 6.07) is 7.46. The van der Waals surface area contributed by atoms with Crippen molar-refractivity contribution in [2.24, 2.45) is 0 Å². The highest BCUT2D eigenvalue weighted by Crippen LogP contribution is 2.18. The number of benzene rings is 1. The van der Waals surface area contributed by atoms with E-state index in [1.807, 2.05) is 32.0 Å². The van der Waals surface area contributed by atoms with Crippen LogP contribution in [0.5, 0.6) is 5.75 Å². The predicted molar refractivity (Wildman–Crippen MR) is 83.1 cm³/mol. The smallest absolute Gasteiger partial charge is 0.325 e. The van der Waals surface area contributed by atoms with Crippen LogP contribution in [0, 0.1) is 13.8 Å². The summed E-state index contributed by atoms with van der Waals surface area (Å²) >= 11 is 0. The molecule has 7 nitrogen and oxygen atoms in total. The number of nitrogens with one attached hydrogen (secondary N) is 1. The number of nitrogens with zero attached hydrogens (tertiary/aromatic N) is 2. The molecule has 0 radical (unpaired) electrons. The molecule has 0 saturated carbocycles. The zero-order valence-corrected chi connectivity index (χ0v) is 13.3. The number of amides is 1. The fourth-order valence-corrected chi connectivity index (χ4v) is 1.97. The van der Waals surface area contributed by atoms with Crippen LogP contribution in [-0.2, 0) is 16.3 Å². The van der Waals surface area contributed by atoms with Crippen molar-refractivity contribution in [3.63, 3.8) is 0 Å². The van der Waals surface area contributed by atoms with Gasteiger partial charge in [-0.25, -0.2) is 4.68 Å². The van der Waals surface area contributed by atoms with Gasteiger partial charge in [-0.05, 0) is 31.5 Å². The molecule has 122 valence electrons. The molecule has 0 aliphatic heterocycles. The molecular weight excluding hydrogens is 298 g/mol. The lowest BCUT2D eigenvalue weighted by Crippen LogP contribution is -2.30. The Hall–Kier alpha value is -2.83. The third-order valence-electron chi connectivity index (χ3n) is 3.18. The van der Waals surface area contributed by atoms with Gasteiger partial charge in [0.15, 0.2) is 6.73 Å². The molecule has 2 aromatic rings. The third kappa shape index (κ3) is 4.57. The maximum absolute atomic E-state index is 11.8. The molecule has 0 saturated heterocycles. The summed E-state index contributed by atoms with van der Waals surface area (Å²) < 4.78 is 11.6. The fourth-order valence-electron chi connectivity index (χ4n) is 1.97. The second-order valence-electron chi connectivity index (χ2n) is 5.04.